The lowest BCUT2D eigenvalue weighted by molar-refractivity contribution is -0.131. The molecule has 0 spiro atoms. The second-order valence-corrected chi connectivity index (χ2v) is 8.51. The van der Waals surface area contributed by atoms with E-state index >= 15 is 0 Å². The number of rotatable bonds is 18. The zero-order valence-corrected chi connectivity index (χ0v) is 20.8. The molecule has 1 aromatic carbocycles. The lowest BCUT2D eigenvalue weighted by atomic mass is 9.88. The molecule has 0 heterocycles. The Labute approximate surface area is 200 Å². The van der Waals surface area contributed by atoms with Crippen LogP contribution in [0.4, 0.5) is 0 Å². The average Bonchev–Trinajstić information content (AvgIpc) is 2.83. The van der Waals surface area contributed by atoms with Crippen LogP contribution in [0, 0.1) is 0 Å². The van der Waals surface area contributed by atoms with Gasteiger partial charge < -0.3 is 24.8 Å². The Morgan fingerprint density at radius 1 is 0.970 bits per heavy atom. The molecule has 0 radical (unpaired) electrons. The highest BCUT2D eigenvalue weighted by Crippen LogP contribution is 2.27. The van der Waals surface area contributed by atoms with Gasteiger partial charge in [0.15, 0.2) is 0 Å². The second-order valence-electron chi connectivity index (χ2n) is 8.51. The first-order valence-corrected chi connectivity index (χ1v) is 12.3. The highest BCUT2D eigenvalue weighted by molar-refractivity contribution is 5.78. The smallest absolute Gasteiger partial charge is 0.327 e. The molecule has 4 atom stereocenters. The van der Waals surface area contributed by atoms with Crippen molar-refractivity contribution in [3.8, 4) is 0 Å². The van der Waals surface area contributed by atoms with Gasteiger partial charge in [-0.1, -0.05) is 88.8 Å². The second kappa shape index (κ2) is 20.8. The molecular weight excluding hydrogens is 420 g/mol. The number of hydrogen-bond donors (Lipinski definition) is 3. The highest BCUT2D eigenvalue weighted by Gasteiger charge is 2.22. The number of carboxylic acids is 1. The summed E-state index contributed by atoms with van der Waals surface area (Å²) in [6, 6.07) is 10.3. The van der Waals surface area contributed by atoms with E-state index in [-0.39, 0.29) is 24.7 Å². The largest absolute Gasteiger partial charge is 0.478 e. The van der Waals surface area contributed by atoms with Crippen LogP contribution in [-0.4, -0.2) is 59.4 Å². The van der Waals surface area contributed by atoms with Crippen molar-refractivity contribution in [3.05, 3.63) is 48.6 Å². The van der Waals surface area contributed by atoms with Crippen molar-refractivity contribution in [1.82, 2.24) is 0 Å². The molecule has 6 heteroatoms. The zero-order valence-electron chi connectivity index (χ0n) is 20.8. The van der Waals surface area contributed by atoms with E-state index in [4.69, 9.17) is 19.7 Å². The van der Waals surface area contributed by atoms with E-state index in [9.17, 15) is 9.90 Å². The number of carbonyl (C=O) groups is 1. The summed E-state index contributed by atoms with van der Waals surface area (Å²) in [6.45, 7) is 9.69. The number of hydrogen-bond acceptors (Lipinski definition) is 5. The maximum atomic E-state index is 10.8. The summed E-state index contributed by atoms with van der Waals surface area (Å²) in [5, 5.41) is 27.4. The van der Waals surface area contributed by atoms with Crippen LogP contribution in [0.2, 0.25) is 0 Å². The maximum Gasteiger partial charge on any atom is 0.327 e. The number of aliphatic carboxylic acids is 1. The molecule has 0 amide bonds. The third kappa shape index (κ3) is 17.4. The molecule has 1 rings (SSSR count). The lowest BCUT2D eigenvalue weighted by Gasteiger charge is -2.25. The molecule has 1 aromatic rings. The SMILES string of the molecule is C=CC(=O)O.CCCCCCCCCC(c1ccccc1)C(O)COC(C)COC(C)CO. The van der Waals surface area contributed by atoms with Gasteiger partial charge in [-0.15, -0.1) is 0 Å². The summed E-state index contributed by atoms with van der Waals surface area (Å²) in [7, 11) is 0. The fraction of sp³-hybridized carbons (Fsp3) is 0.667. The minimum absolute atomic E-state index is 0.00384. The summed E-state index contributed by atoms with van der Waals surface area (Å²) in [5.74, 6) is -0.883. The van der Waals surface area contributed by atoms with Crippen LogP contribution >= 0.6 is 0 Å². The Bertz CT molecular complexity index is 592. The van der Waals surface area contributed by atoms with Gasteiger partial charge in [-0.3, -0.25) is 0 Å². The summed E-state index contributed by atoms with van der Waals surface area (Å²) >= 11 is 0. The Kier molecular flexibility index (Phi) is 19.8. The molecule has 6 nitrogen and oxygen atoms in total. The maximum absolute atomic E-state index is 10.8. The van der Waals surface area contributed by atoms with Gasteiger partial charge in [-0.25, -0.2) is 4.79 Å². The third-order valence-electron chi connectivity index (χ3n) is 5.41. The zero-order chi connectivity index (χ0) is 24.9. The molecule has 0 saturated heterocycles. The summed E-state index contributed by atoms with van der Waals surface area (Å²) < 4.78 is 11.3. The Hall–Kier alpha value is -1.73. The van der Waals surface area contributed by atoms with E-state index in [1.807, 2.05) is 32.0 Å². The van der Waals surface area contributed by atoms with Crippen LogP contribution in [0.5, 0.6) is 0 Å². The minimum atomic E-state index is -0.981. The van der Waals surface area contributed by atoms with Gasteiger partial charge in [-0.2, -0.15) is 0 Å². The lowest BCUT2D eigenvalue weighted by Crippen LogP contribution is -2.29. The third-order valence-corrected chi connectivity index (χ3v) is 5.41. The summed E-state index contributed by atoms with van der Waals surface area (Å²) in [5.41, 5.74) is 1.18. The fourth-order valence-electron chi connectivity index (χ4n) is 3.38. The standard InChI is InChI=1S/C24H42O4.C3H4O2/c1-4-5-6-7-8-9-13-16-23(22-14-11-10-12-15-22)24(26)19-28-21(3)18-27-20(2)17-25;1-2-3(4)5/h10-12,14-15,20-21,23-26H,4-9,13,16-19H2,1-3H3;2H,1H2,(H,4,5). The Balaban J connectivity index is 0.00000184. The van der Waals surface area contributed by atoms with Gasteiger partial charge >= 0.3 is 5.97 Å². The van der Waals surface area contributed by atoms with Crippen molar-refractivity contribution >= 4 is 5.97 Å². The van der Waals surface area contributed by atoms with Crippen LogP contribution < -0.4 is 0 Å². The van der Waals surface area contributed by atoms with Gasteiger partial charge in [0.05, 0.1) is 38.1 Å². The van der Waals surface area contributed by atoms with E-state index in [0.717, 1.165) is 18.9 Å². The van der Waals surface area contributed by atoms with E-state index in [0.29, 0.717) is 13.2 Å². The first kappa shape index (κ1) is 31.3. The molecule has 3 N–H and O–H groups in total. The number of benzene rings is 1. The molecule has 0 aromatic heterocycles. The Morgan fingerprint density at radius 2 is 1.52 bits per heavy atom. The number of aliphatic hydroxyl groups is 2. The molecule has 0 bridgehead atoms. The molecule has 0 saturated carbocycles. The predicted molar refractivity (Wildman–Crippen MR) is 134 cm³/mol. The summed E-state index contributed by atoms with van der Waals surface area (Å²) in [4.78, 5) is 9.25. The number of ether oxygens (including phenoxy) is 2. The van der Waals surface area contributed by atoms with Crippen molar-refractivity contribution in [1.29, 1.82) is 0 Å². The number of carboxylic acid groups (broad SMARTS) is 1. The van der Waals surface area contributed by atoms with Crippen LogP contribution in [0.15, 0.2) is 43.0 Å². The first-order chi connectivity index (χ1) is 15.8. The van der Waals surface area contributed by atoms with E-state index in [1.165, 1.54) is 44.1 Å². The fourth-order valence-corrected chi connectivity index (χ4v) is 3.38. The average molecular weight is 467 g/mol. The van der Waals surface area contributed by atoms with Crippen molar-refractivity contribution in [2.75, 3.05) is 19.8 Å². The van der Waals surface area contributed by atoms with Crippen LogP contribution in [0.25, 0.3) is 0 Å². The van der Waals surface area contributed by atoms with Gasteiger partial charge in [0.25, 0.3) is 0 Å². The Morgan fingerprint density at radius 3 is 2.06 bits per heavy atom. The number of unbranched alkanes of at least 4 members (excludes halogenated alkanes) is 6. The van der Waals surface area contributed by atoms with E-state index in [2.05, 4.69) is 25.6 Å². The molecule has 33 heavy (non-hydrogen) atoms. The summed E-state index contributed by atoms with van der Waals surface area (Å²) in [6.07, 6.45) is 9.90. The van der Waals surface area contributed by atoms with Gasteiger partial charge in [0.1, 0.15) is 0 Å². The van der Waals surface area contributed by atoms with Crippen molar-refractivity contribution in [3.63, 3.8) is 0 Å². The topological polar surface area (TPSA) is 96.2 Å². The van der Waals surface area contributed by atoms with Gasteiger partial charge in [-0.05, 0) is 25.8 Å². The molecule has 0 fully saturated rings. The molecule has 0 aliphatic heterocycles. The number of aliphatic hydroxyl groups excluding tert-OH is 2. The van der Waals surface area contributed by atoms with Crippen LogP contribution in [-0.2, 0) is 14.3 Å². The van der Waals surface area contributed by atoms with Crippen LogP contribution in [0.3, 0.4) is 0 Å². The highest BCUT2D eigenvalue weighted by atomic mass is 16.5. The molecular formula is C27H46O6. The van der Waals surface area contributed by atoms with Crippen molar-refractivity contribution in [2.45, 2.75) is 96.4 Å². The van der Waals surface area contributed by atoms with Gasteiger partial charge in [0, 0.05) is 12.0 Å². The normalized spacial score (nSPS) is 14.5. The van der Waals surface area contributed by atoms with Crippen LogP contribution in [0.1, 0.15) is 83.6 Å². The molecule has 4 unspecified atom stereocenters. The van der Waals surface area contributed by atoms with Crippen molar-refractivity contribution < 1.29 is 29.6 Å². The molecule has 190 valence electrons. The van der Waals surface area contributed by atoms with E-state index < -0.39 is 12.1 Å². The van der Waals surface area contributed by atoms with Gasteiger partial charge in [0.2, 0.25) is 0 Å². The predicted octanol–water partition coefficient (Wildman–Crippen LogP) is 5.33. The van der Waals surface area contributed by atoms with E-state index in [1.54, 1.807) is 0 Å². The minimum Gasteiger partial charge on any atom is -0.478 e. The first-order valence-electron chi connectivity index (χ1n) is 12.3. The molecule has 0 aliphatic rings. The monoisotopic (exact) mass is 466 g/mol. The molecule has 0 aliphatic carbocycles. The quantitative estimate of drug-likeness (QED) is 0.200. The van der Waals surface area contributed by atoms with Crippen molar-refractivity contribution in [2.24, 2.45) is 0 Å².